The molecule has 1 N–H and O–H groups in total. The largest absolute Gasteiger partial charge is 0.384 e. The number of hydrogen-bond donors (Lipinski definition) is 1. The monoisotopic (exact) mass is 308 g/mol. The van der Waals surface area contributed by atoms with Crippen LogP contribution in [0.2, 0.25) is 0 Å². The van der Waals surface area contributed by atoms with Gasteiger partial charge in [0.1, 0.15) is 11.9 Å². The number of benzene rings is 2. The maximum atomic E-state index is 13.5. The molecule has 0 radical (unpaired) electrons. The fourth-order valence-corrected chi connectivity index (χ4v) is 2.45. The molecule has 0 saturated carbocycles. The molecule has 0 amide bonds. The van der Waals surface area contributed by atoms with Crippen molar-refractivity contribution in [3.05, 3.63) is 68.9 Å². The molecule has 0 bridgehead atoms. The van der Waals surface area contributed by atoms with Crippen molar-refractivity contribution in [2.45, 2.75) is 20.0 Å². The van der Waals surface area contributed by atoms with Gasteiger partial charge in [-0.1, -0.05) is 30.3 Å². The lowest BCUT2D eigenvalue weighted by Crippen LogP contribution is -2.04. The van der Waals surface area contributed by atoms with Crippen molar-refractivity contribution in [3.63, 3.8) is 0 Å². The summed E-state index contributed by atoms with van der Waals surface area (Å²) < 4.78 is 13.8. The van der Waals surface area contributed by atoms with E-state index in [-0.39, 0.29) is 5.82 Å². The van der Waals surface area contributed by atoms with Crippen molar-refractivity contribution in [3.8, 4) is 0 Å². The Bertz CT molecular complexity index is 529. The number of aryl methyl sites for hydroxylation is 1. The van der Waals surface area contributed by atoms with Crippen molar-refractivity contribution in [2.75, 3.05) is 0 Å². The van der Waals surface area contributed by atoms with E-state index in [0.29, 0.717) is 10.0 Å². The van der Waals surface area contributed by atoms with Crippen LogP contribution in [0, 0.1) is 19.7 Å². The topological polar surface area (TPSA) is 20.2 Å². The van der Waals surface area contributed by atoms with Crippen LogP contribution in [0.5, 0.6) is 0 Å². The van der Waals surface area contributed by atoms with Crippen molar-refractivity contribution >= 4 is 15.9 Å². The molecule has 0 fully saturated rings. The van der Waals surface area contributed by atoms with Crippen LogP contribution in [0.25, 0.3) is 0 Å². The summed E-state index contributed by atoms with van der Waals surface area (Å²) in [5, 5.41) is 10.4. The Kier molecular flexibility index (Phi) is 3.83. The zero-order valence-electron chi connectivity index (χ0n) is 10.2. The zero-order chi connectivity index (χ0) is 13.3. The molecule has 0 saturated heterocycles. The number of aliphatic hydroxyl groups is 1. The molecule has 0 aromatic heterocycles. The lowest BCUT2D eigenvalue weighted by atomic mass is 9.95. The Morgan fingerprint density at radius 3 is 2.39 bits per heavy atom. The third-order valence-corrected chi connectivity index (χ3v) is 4.05. The van der Waals surface area contributed by atoms with E-state index in [1.807, 2.05) is 32.0 Å². The van der Waals surface area contributed by atoms with Gasteiger partial charge in [-0.15, -0.1) is 0 Å². The standard InChI is InChI=1S/C15H14BrFO/c1-9-5-3-6-11(10(9)2)15(18)12-7-4-8-13(17)14(12)16/h3-8,15,18H,1-2H3. The maximum absolute atomic E-state index is 13.5. The van der Waals surface area contributed by atoms with Gasteiger partial charge in [-0.2, -0.15) is 0 Å². The second kappa shape index (κ2) is 5.21. The minimum Gasteiger partial charge on any atom is -0.384 e. The van der Waals surface area contributed by atoms with Gasteiger partial charge in [0, 0.05) is 5.56 Å². The Hall–Kier alpha value is -1.19. The molecular formula is C15H14BrFO. The number of hydrogen-bond acceptors (Lipinski definition) is 1. The van der Waals surface area contributed by atoms with Gasteiger partial charge < -0.3 is 5.11 Å². The second-order valence-corrected chi connectivity index (χ2v) is 5.13. The van der Waals surface area contributed by atoms with Gasteiger partial charge in [0.2, 0.25) is 0 Å². The Labute approximate surface area is 114 Å². The van der Waals surface area contributed by atoms with Gasteiger partial charge in [-0.3, -0.25) is 0 Å². The average Bonchev–Trinajstić information content (AvgIpc) is 2.35. The molecule has 1 nitrogen and oxygen atoms in total. The van der Waals surface area contributed by atoms with Crippen molar-refractivity contribution in [1.82, 2.24) is 0 Å². The van der Waals surface area contributed by atoms with Crippen LogP contribution in [0.1, 0.15) is 28.4 Å². The highest BCUT2D eigenvalue weighted by atomic mass is 79.9. The minimum absolute atomic E-state index is 0.318. The zero-order valence-corrected chi connectivity index (χ0v) is 11.8. The van der Waals surface area contributed by atoms with Crippen LogP contribution in [-0.2, 0) is 0 Å². The van der Waals surface area contributed by atoms with Crippen molar-refractivity contribution in [1.29, 1.82) is 0 Å². The van der Waals surface area contributed by atoms with Crippen molar-refractivity contribution < 1.29 is 9.50 Å². The van der Waals surface area contributed by atoms with E-state index in [0.717, 1.165) is 16.7 Å². The summed E-state index contributed by atoms with van der Waals surface area (Å²) in [6, 6.07) is 10.4. The molecule has 2 aromatic rings. The van der Waals surface area contributed by atoms with E-state index in [1.54, 1.807) is 12.1 Å². The SMILES string of the molecule is Cc1cccc(C(O)c2cccc(F)c2Br)c1C. The van der Waals surface area contributed by atoms with Crippen LogP contribution in [0.3, 0.4) is 0 Å². The highest BCUT2D eigenvalue weighted by molar-refractivity contribution is 9.10. The summed E-state index contributed by atoms with van der Waals surface area (Å²) in [5.74, 6) is -0.364. The summed E-state index contributed by atoms with van der Waals surface area (Å²) in [5.41, 5.74) is 3.49. The first-order valence-corrected chi connectivity index (χ1v) is 6.49. The fourth-order valence-electron chi connectivity index (χ4n) is 1.97. The van der Waals surface area contributed by atoms with Crippen LogP contribution in [0.15, 0.2) is 40.9 Å². The molecule has 0 heterocycles. The molecule has 94 valence electrons. The normalized spacial score (nSPS) is 12.5. The first-order chi connectivity index (χ1) is 8.52. The molecule has 1 unspecified atom stereocenters. The third-order valence-electron chi connectivity index (χ3n) is 3.22. The quantitative estimate of drug-likeness (QED) is 0.877. The van der Waals surface area contributed by atoms with Gasteiger partial charge in [-0.25, -0.2) is 4.39 Å². The summed E-state index contributed by atoms with van der Waals surface area (Å²) >= 11 is 3.19. The first kappa shape index (κ1) is 13.2. The number of aliphatic hydroxyl groups excluding tert-OH is 1. The predicted molar refractivity (Wildman–Crippen MR) is 74.1 cm³/mol. The van der Waals surface area contributed by atoms with Crippen LogP contribution in [0.4, 0.5) is 4.39 Å². The van der Waals surface area contributed by atoms with Gasteiger partial charge in [-0.05, 0) is 52.5 Å². The molecule has 0 aliphatic carbocycles. The van der Waals surface area contributed by atoms with E-state index in [9.17, 15) is 9.50 Å². The molecule has 0 aliphatic heterocycles. The van der Waals surface area contributed by atoms with E-state index < -0.39 is 6.10 Å². The van der Waals surface area contributed by atoms with E-state index in [2.05, 4.69) is 15.9 Å². The van der Waals surface area contributed by atoms with Crippen LogP contribution >= 0.6 is 15.9 Å². The van der Waals surface area contributed by atoms with E-state index in [1.165, 1.54) is 6.07 Å². The average molecular weight is 309 g/mol. The fraction of sp³-hybridized carbons (Fsp3) is 0.200. The Morgan fingerprint density at radius 1 is 1.06 bits per heavy atom. The van der Waals surface area contributed by atoms with E-state index in [4.69, 9.17) is 0 Å². The molecule has 18 heavy (non-hydrogen) atoms. The van der Waals surface area contributed by atoms with Gasteiger partial charge >= 0.3 is 0 Å². The predicted octanol–water partition coefficient (Wildman–Crippen LogP) is 4.29. The Morgan fingerprint density at radius 2 is 1.67 bits per heavy atom. The number of rotatable bonds is 2. The minimum atomic E-state index is -0.824. The lowest BCUT2D eigenvalue weighted by molar-refractivity contribution is 0.218. The van der Waals surface area contributed by atoms with Gasteiger partial charge in [0.05, 0.1) is 4.47 Å². The summed E-state index contributed by atoms with van der Waals surface area (Å²) in [6.45, 7) is 3.95. The highest BCUT2D eigenvalue weighted by Gasteiger charge is 2.17. The summed E-state index contributed by atoms with van der Waals surface area (Å²) in [7, 11) is 0. The van der Waals surface area contributed by atoms with Gasteiger partial charge in [0.15, 0.2) is 0 Å². The summed E-state index contributed by atoms with van der Waals surface area (Å²) in [4.78, 5) is 0. The number of halogens is 2. The lowest BCUT2D eigenvalue weighted by Gasteiger charge is -2.17. The molecule has 0 spiro atoms. The van der Waals surface area contributed by atoms with Crippen LogP contribution < -0.4 is 0 Å². The smallest absolute Gasteiger partial charge is 0.137 e. The molecule has 2 aromatic carbocycles. The van der Waals surface area contributed by atoms with Crippen LogP contribution in [-0.4, -0.2) is 5.11 Å². The van der Waals surface area contributed by atoms with Crippen molar-refractivity contribution in [2.24, 2.45) is 0 Å². The molecular weight excluding hydrogens is 295 g/mol. The summed E-state index contributed by atoms with van der Waals surface area (Å²) in [6.07, 6.45) is -0.824. The third kappa shape index (κ3) is 2.33. The molecule has 0 aliphatic rings. The molecule has 2 rings (SSSR count). The second-order valence-electron chi connectivity index (χ2n) is 4.33. The highest BCUT2D eigenvalue weighted by Crippen LogP contribution is 2.32. The van der Waals surface area contributed by atoms with E-state index >= 15 is 0 Å². The molecule has 3 heteroatoms. The molecule has 1 atom stereocenters. The first-order valence-electron chi connectivity index (χ1n) is 5.70. The Balaban J connectivity index is 2.51. The maximum Gasteiger partial charge on any atom is 0.137 e. The van der Waals surface area contributed by atoms with Gasteiger partial charge in [0.25, 0.3) is 0 Å².